The Bertz CT molecular complexity index is 1020. The van der Waals surface area contributed by atoms with Gasteiger partial charge in [0.25, 0.3) is 5.91 Å². The lowest BCUT2D eigenvalue weighted by atomic mass is 9.97. The summed E-state index contributed by atoms with van der Waals surface area (Å²) in [6, 6.07) is 14.3. The molecule has 1 heterocycles. The average Bonchev–Trinajstić information content (AvgIpc) is 3.09. The summed E-state index contributed by atoms with van der Waals surface area (Å²) in [6.45, 7) is 7.88. The Labute approximate surface area is 181 Å². The number of para-hydroxylation sites is 1. The highest BCUT2D eigenvalue weighted by Crippen LogP contribution is 2.31. The van der Waals surface area contributed by atoms with Crippen molar-refractivity contribution < 1.29 is 23.8 Å². The number of ether oxygens (including phenoxy) is 3. The SMILES string of the molecule is CCOc1cc(/C=C2\N=C(C(C)(C)C)OC2=O)ccc1OCC(=O)Nc1ccccc1. The van der Waals surface area contributed by atoms with Crippen molar-refractivity contribution in [2.75, 3.05) is 18.5 Å². The van der Waals surface area contributed by atoms with E-state index in [1.54, 1.807) is 36.4 Å². The molecule has 0 aromatic heterocycles. The summed E-state index contributed by atoms with van der Waals surface area (Å²) >= 11 is 0. The first kappa shape index (κ1) is 22.1. The molecule has 3 rings (SSSR count). The molecule has 0 saturated heterocycles. The maximum atomic E-state index is 12.1. The molecule has 1 aliphatic heterocycles. The van der Waals surface area contributed by atoms with Crippen molar-refractivity contribution in [3.05, 3.63) is 59.8 Å². The molecule has 0 unspecified atom stereocenters. The molecule has 0 spiro atoms. The molecule has 0 bridgehead atoms. The lowest BCUT2D eigenvalue weighted by Gasteiger charge is -2.15. The number of hydrogen-bond donors (Lipinski definition) is 1. The number of carbonyl (C=O) groups excluding carboxylic acids is 2. The van der Waals surface area contributed by atoms with E-state index in [0.29, 0.717) is 35.3 Å². The number of amides is 1. The van der Waals surface area contributed by atoms with Gasteiger partial charge in [-0.2, -0.15) is 0 Å². The number of anilines is 1. The lowest BCUT2D eigenvalue weighted by Crippen LogP contribution is -2.21. The van der Waals surface area contributed by atoms with Crippen LogP contribution < -0.4 is 14.8 Å². The minimum atomic E-state index is -0.485. The predicted molar refractivity (Wildman–Crippen MR) is 119 cm³/mol. The van der Waals surface area contributed by atoms with Crippen molar-refractivity contribution in [3.63, 3.8) is 0 Å². The topological polar surface area (TPSA) is 86.2 Å². The molecule has 162 valence electrons. The van der Waals surface area contributed by atoms with Gasteiger partial charge in [-0.15, -0.1) is 0 Å². The molecule has 7 heteroatoms. The quantitative estimate of drug-likeness (QED) is 0.526. The zero-order valence-electron chi connectivity index (χ0n) is 18.1. The summed E-state index contributed by atoms with van der Waals surface area (Å²) in [5.41, 5.74) is 1.26. The van der Waals surface area contributed by atoms with Crippen LogP contribution in [0, 0.1) is 5.41 Å². The molecule has 31 heavy (non-hydrogen) atoms. The van der Waals surface area contributed by atoms with E-state index in [9.17, 15) is 9.59 Å². The van der Waals surface area contributed by atoms with Crippen molar-refractivity contribution >= 4 is 29.5 Å². The predicted octanol–water partition coefficient (Wildman–Crippen LogP) is 4.45. The second-order valence-corrected chi connectivity index (χ2v) is 7.93. The highest BCUT2D eigenvalue weighted by molar-refractivity contribution is 6.08. The van der Waals surface area contributed by atoms with E-state index < -0.39 is 5.97 Å². The Morgan fingerprint density at radius 3 is 2.48 bits per heavy atom. The standard InChI is InChI=1S/C24H26N2O5/c1-5-29-20-14-16(13-18-22(28)31-23(26-18)24(2,3)4)11-12-19(20)30-15-21(27)25-17-9-7-6-8-10-17/h6-14H,5,15H2,1-4H3,(H,25,27)/b18-13-. The van der Waals surface area contributed by atoms with Gasteiger partial charge >= 0.3 is 5.97 Å². The molecular formula is C24H26N2O5. The van der Waals surface area contributed by atoms with Crippen LogP contribution in [0.5, 0.6) is 11.5 Å². The van der Waals surface area contributed by atoms with Crippen molar-refractivity contribution in [2.24, 2.45) is 10.4 Å². The van der Waals surface area contributed by atoms with E-state index in [1.165, 1.54) is 0 Å². The minimum absolute atomic E-state index is 0.166. The van der Waals surface area contributed by atoms with Crippen LogP contribution in [0.25, 0.3) is 6.08 Å². The van der Waals surface area contributed by atoms with Gasteiger partial charge in [0.2, 0.25) is 5.90 Å². The lowest BCUT2D eigenvalue weighted by molar-refractivity contribution is -0.130. The van der Waals surface area contributed by atoms with Crippen molar-refractivity contribution in [1.82, 2.24) is 0 Å². The number of nitrogens with one attached hydrogen (secondary N) is 1. The summed E-state index contributed by atoms with van der Waals surface area (Å²) in [4.78, 5) is 28.6. The highest BCUT2D eigenvalue weighted by atomic mass is 16.6. The van der Waals surface area contributed by atoms with Crippen LogP contribution in [0.1, 0.15) is 33.3 Å². The zero-order valence-corrected chi connectivity index (χ0v) is 18.1. The molecule has 0 aliphatic carbocycles. The first-order valence-electron chi connectivity index (χ1n) is 10.0. The fourth-order valence-electron chi connectivity index (χ4n) is 2.75. The molecule has 1 N–H and O–H groups in total. The number of rotatable bonds is 7. The normalized spacial score (nSPS) is 14.8. The third kappa shape index (κ3) is 5.94. The molecule has 0 radical (unpaired) electrons. The molecule has 0 saturated carbocycles. The van der Waals surface area contributed by atoms with Crippen LogP contribution in [-0.4, -0.2) is 31.0 Å². The Morgan fingerprint density at radius 2 is 1.84 bits per heavy atom. The van der Waals surface area contributed by atoms with Gasteiger partial charge in [0.05, 0.1) is 6.61 Å². The molecule has 2 aromatic rings. The Morgan fingerprint density at radius 1 is 1.10 bits per heavy atom. The maximum Gasteiger partial charge on any atom is 0.363 e. The van der Waals surface area contributed by atoms with Crippen molar-refractivity contribution in [3.8, 4) is 11.5 Å². The summed E-state index contributed by atoms with van der Waals surface area (Å²) < 4.78 is 16.6. The summed E-state index contributed by atoms with van der Waals surface area (Å²) in [6.07, 6.45) is 1.63. The maximum absolute atomic E-state index is 12.1. The van der Waals surface area contributed by atoms with Gasteiger partial charge in [0.15, 0.2) is 23.8 Å². The monoisotopic (exact) mass is 422 g/mol. The first-order valence-corrected chi connectivity index (χ1v) is 10.0. The Hall–Kier alpha value is -3.61. The van der Waals surface area contributed by atoms with Gasteiger partial charge in [0, 0.05) is 11.1 Å². The molecule has 7 nitrogen and oxygen atoms in total. The van der Waals surface area contributed by atoms with E-state index in [1.807, 2.05) is 45.9 Å². The van der Waals surface area contributed by atoms with E-state index >= 15 is 0 Å². The minimum Gasteiger partial charge on any atom is -0.490 e. The van der Waals surface area contributed by atoms with Gasteiger partial charge < -0.3 is 19.5 Å². The average molecular weight is 422 g/mol. The molecule has 0 fully saturated rings. The molecule has 0 atom stereocenters. The highest BCUT2D eigenvalue weighted by Gasteiger charge is 2.31. The Balaban J connectivity index is 1.73. The third-order valence-corrected chi connectivity index (χ3v) is 4.25. The van der Waals surface area contributed by atoms with Gasteiger partial charge in [-0.1, -0.05) is 45.0 Å². The largest absolute Gasteiger partial charge is 0.490 e. The van der Waals surface area contributed by atoms with Crippen LogP contribution >= 0.6 is 0 Å². The third-order valence-electron chi connectivity index (χ3n) is 4.25. The zero-order chi connectivity index (χ0) is 22.4. The van der Waals surface area contributed by atoms with Crippen LogP contribution in [0.15, 0.2) is 59.2 Å². The van der Waals surface area contributed by atoms with Gasteiger partial charge in [-0.05, 0) is 42.8 Å². The fourth-order valence-corrected chi connectivity index (χ4v) is 2.75. The molecular weight excluding hydrogens is 396 g/mol. The summed E-state index contributed by atoms with van der Waals surface area (Å²) in [5, 5.41) is 2.76. The van der Waals surface area contributed by atoms with E-state index in [-0.39, 0.29) is 23.6 Å². The smallest absolute Gasteiger partial charge is 0.363 e. The van der Waals surface area contributed by atoms with Crippen molar-refractivity contribution in [1.29, 1.82) is 0 Å². The van der Waals surface area contributed by atoms with Crippen LogP contribution in [0.4, 0.5) is 5.69 Å². The van der Waals surface area contributed by atoms with Gasteiger partial charge in [0.1, 0.15) is 0 Å². The van der Waals surface area contributed by atoms with Gasteiger partial charge in [-0.25, -0.2) is 9.79 Å². The molecule has 1 aliphatic rings. The number of nitrogens with zero attached hydrogens (tertiary/aromatic N) is 1. The van der Waals surface area contributed by atoms with Crippen LogP contribution in [0.3, 0.4) is 0 Å². The van der Waals surface area contributed by atoms with Gasteiger partial charge in [-0.3, -0.25) is 4.79 Å². The van der Waals surface area contributed by atoms with Crippen LogP contribution in [0.2, 0.25) is 0 Å². The van der Waals surface area contributed by atoms with Crippen molar-refractivity contribution in [2.45, 2.75) is 27.7 Å². The number of aliphatic imine (C=N–C) groups is 1. The number of cyclic esters (lactones) is 1. The molecule has 1 amide bonds. The second kappa shape index (κ2) is 9.47. The number of carbonyl (C=O) groups is 2. The van der Waals surface area contributed by atoms with E-state index in [4.69, 9.17) is 14.2 Å². The first-order chi connectivity index (χ1) is 14.8. The molecule has 2 aromatic carbocycles. The van der Waals surface area contributed by atoms with Crippen LogP contribution in [-0.2, 0) is 14.3 Å². The van der Waals surface area contributed by atoms with E-state index in [2.05, 4.69) is 10.3 Å². The Kier molecular flexibility index (Phi) is 6.74. The number of benzene rings is 2. The summed E-state index contributed by atoms with van der Waals surface area (Å²) in [7, 11) is 0. The van der Waals surface area contributed by atoms with E-state index in [0.717, 1.165) is 0 Å². The summed E-state index contributed by atoms with van der Waals surface area (Å²) in [5.74, 6) is 0.521. The second-order valence-electron chi connectivity index (χ2n) is 7.93. The number of hydrogen-bond acceptors (Lipinski definition) is 6. The number of esters is 1. The fraction of sp³-hybridized carbons (Fsp3) is 0.292.